The van der Waals surface area contributed by atoms with Gasteiger partial charge in [0, 0.05) is 12.7 Å². The fourth-order valence-corrected chi connectivity index (χ4v) is 2.31. The number of aryl methyl sites for hydroxylation is 4. The van der Waals surface area contributed by atoms with E-state index in [1.807, 2.05) is 32.0 Å². The molecule has 1 amide bonds. The zero-order valence-corrected chi connectivity index (χ0v) is 12.2. The van der Waals surface area contributed by atoms with Crippen LogP contribution in [-0.4, -0.2) is 15.7 Å². The third-order valence-corrected chi connectivity index (χ3v) is 3.54. The van der Waals surface area contributed by atoms with Crippen molar-refractivity contribution < 1.29 is 4.79 Å². The molecule has 0 atom stereocenters. The second-order valence-electron chi connectivity index (χ2n) is 4.59. The number of aromatic nitrogens is 2. The summed E-state index contributed by atoms with van der Waals surface area (Å²) in [5, 5.41) is 7.44. The number of rotatable bonds is 2. The molecule has 1 heterocycles. The standard InChI is InChI=1S/C14H16ClN3O/c1-8-6-5-7-9(2)12(8)16-14(19)13-11(15)10(3)17-18(13)4/h5-7H,1-4H3,(H,16,19). The van der Waals surface area contributed by atoms with Gasteiger partial charge >= 0.3 is 0 Å². The first kappa shape index (κ1) is 13.6. The first-order valence-corrected chi connectivity index (χ1v) is 6.36. The lowest BCUT2D eigenvalue weighted by Gasteiger charge is -2.11. The van der Waals surface area contributed by atoms with Crippen molar-refractivity contribution in [3.05, 3.63) is 45.7 Å². The van der Waals surface area contributed by atoms with E-state index in [1.165, 1.54) is 4.68 Å². The number of carbonyl (C=O) groups is 1. The molecule has 2 aromatic rings. The number of hydrogen-bond acceptors (Lipinski definition) is 2. The van der Waals surface area contributed by atoms with Gasteiger partial charge in [0.05, 0.1) is 10.7 Å². The van der Waals surface area contributed by atoms with Crippen LogP contribution >= 0.6 is 11.6 Å². The minimum Gasteiger partial charge on any atom is -0.320 e. The molecule has 4 nitrogen and oxygen atoms in total. The second kappa shape index (κ2) is 5.05. The number of para-hydroxylation sites is 1. The molecule has 1 aromatic carbocycles. The third kappa shape index (κ3) is 2.49. The van der Waals surface area contributed by atoms with E-state index >= 15 is 0 Å². The molecule has 19 heavy (non-hydrogen) atoms. The molecule has 0 radical (unpaired) electrons. The average Bonchev–Trinajstić information content (AvgIpc) is 2.58. The Morgan fingerprint density at radius 2 is 1.84 bits per heavy atom. The van der Waals surface area contributed by atoms with Gasteiger partial charge in [0.15, 0.2) is 0 Å². The normalized spacial score (nSPS) is 10.6. The fourth-order valence-electron chi connectivity index (χ4n) is 2.06. The Hall–Kier alpha value is -1.81. The van der Waals surface area contributed by atoms with Gasteiger partial charge < -0.3 is 5.32 Å². The zero-order valence-electron chi connectivity index (χ0n) is 11.4. The van der Waals surface area contributed by atoms with Crippen LogP contribution in [0.4, 0.5) is 5.69 Å². The summed E-state index contributed by atoms with van der Waals surface area (Å²) in [6.45, 7) is 5.69. The van der Waals surface area contributed by atoms with Gasteiger partial charge in [0.25, 0.3) is 5.91 Å². The van der Waals surface area contributed by atoms with Crippen LogP contribution in [-0.2, 0) is 7.05 Å². The predicted octanol–water partition coefficient (Wildman–Crippen LogP) is 3.25. The van der Waals surface area contributed by atoms with E-state index in [1.54, 1.807) is 14.0 Å². The Balaban J connectivity index is 2.36. The highest BCUT2D eigenvalue weighted by molar-refractivity contribution is 6.34. The van der Waals surface area contributed by atoms with E-state index in [0.29, 0.717) is 16.4 Å². The largest absolute Gasteiger partial charge is 0.320 e. The third-order valence-electron chi connectivity index (χ3n) is 3.08. The van der Waals surface area contributed by atoms with Crippen molar-refractivity contribution in [2.45, 2.75) is 20.8 Å². The molecule has 2 rings (SSSR count). The van der Waals surface area contributed by atoms with Gasteiger partial charge in [-0.05, 0) is 31.9 Å². The molecule has 0 saturated heterocycles. The molecule has 1 N–H and O–H groups in total. The van der Waals surface area contributed by atoms with Crippen LogP contribution in [0, 0.1) is 20.8 Å². The van der Waals surface area contributed by atoms with Crippen molar-refractivity contribution in [1.29, 1.82) is 0 Å². The highest BCUT2D eigenvalue weighted by Crippen LogP contribution is 2.23. The molecule has 0 aliphatic rings. The molecule has 0 spiro atoms. The van der Waals surface area contributed by atoms with E-state index in [2.05, 4.69) is 10.4 Å². The molecule has 5 heteroatoms. The number of halogens is 1. The number of nitrogens with zero attached hydrogens (tertiary/aromatic N) is 2. The lowest BCUT2D eigenvalue weighted by Crippen LogP contribution is -2.17. The highest BCUT2D eigenvalue weighted by Gasteiger charge is 2.19. The van der Waals surface area contributed by atoms with E-state index in [-0.39, 0.29) is 5.91 Å². The molecule has 1 aromatic heterocycles. The summed E-state index contributed by atoms with van der Waals surface area (Å²) in [7, 11) is 1.71. The second-order valence-corrected chi connectivity index (χ2v) is 4.97. The van der Waals surface area contributed by atoms with Crippen LogP contribution in [0.25, 0.3) is 0 Å². The molecule has 0 unspecified atom stereocenters. The number of carbonyl (C=O) groups excluding carboxylic acids is 1. The van der Waals surface area contributed by atoms with Gasteiger partial charge in [-0.1, -0.05) is 29.8 Å². The van der Waals surface area contributed by atoms with Gasteiger partial charge in [-0.3, -0.25) is 9.48 Å². The number of benzene rings is 1. The summed E-state index contributed by atoms with van der Waals surface area (Å²) < 4.78 is 1.50. The minimum absolute atomic E-state index is 0.245. The number of anilines is 1. The Labute approximate surface area is 117 Å². The maximum atomic E-state index is 12.3. The highest BCUT2D eigenvalue weighted by atomic mass is 35.5. The van der Waals surface area contributed by atoms with Crippen molar-refractivity contribution in [3.8, 4) is 0 Å². The molecule has 100 valence electrons. The van der Waals surface area contributed by atoms with Crippen LogP contribution in [0.5, 0.6) is 0 Å². The van der Waals surface area contributed by atoms with Crippen LogP contribution in [0.2, 0.25) is 5.02 Å². The van der Waals surface area contributed by atoms with Gasteiger partial charge in [-0.2, -0.15) is 5.10 Å². The Kier molecular flexibility index (Phi) is 3.62. The number of nitrogens with one attached hydrogen (secondary N) is 1. The quantitative estimate of drug-likeness (QED) is 0.916. The average molecular weight is 278 g/mol. The maximum absolute atomic E-state index is 12.3. The molecule has 0 aliphatic carbocycles. The summed E-state index contributed by atoms with van der Waals surface area (Å²) in [5.41, 5.74) is 3.88. The number of amides is 1. The summed E-state index contributed by atoms with van der Waals surface area (Å²) in [6, 6.07) is 5.87. The Morgan fingerprint density at radius 3 is 2.32 bits per heavy atom. The number of hydrogen-bond donors (Lipinski definition) is 1. The summed E-state index contributed by atoms with van der Waals surface area (Å²) in [5.74, 6) is -0.245. The molecule has 0 aliphatic heterocycles. The smallest absolute Gasteiger partial charge is 0.275 e. The SMILES string of the molecule is Cc1cccc(C)c1NC(=O)c1c(Cl)c(C)nn1C. The lowest BCUT2D eigenvalue weighted by atomic mass is 10.1. The van der Waals surface area contributed by atoms with Crippen molar-refractivity contribution in [2.24, 2.45) is 7.05 Å². The Morgan fingerprint density at radius 1 is 1.26 bits per heavy atom. The zero-order chi connectivity index (χ0) is 14.2. The lowest BCUT2D eigenvalue weighted by molar-refractivity contribution is 0.101. The molecule has 0 bridgehead atoms. The predicted molar refractivity (Wildman–Crippen MR) is 76.8 cm³/mol. The van der Waals surface area contributed by atoms with Crippen molar-refractivity contribution in [2.75, 3.05) is 5.32 Å². The first-order chi connectivity index (χ1) is 8.91. The topological polar surface area (TPSA) is 46.9 Å². The Bertz CT molecular complexity index is 626. The van der Waals surface area contributed by atoms with Crippen LogP contribution < -0.4 is 5.32 Å². The fraction of sp³-hybridized carbons (Fsp3) is 0.286. The summed E-state index contributed by atoms with van der Waals surface area (Å²) >= 11 is 6.11. The van der Waals surface area contributed by atoms with Crippen molar-refractivity contribution >= 4 is 23.2 Å². The molecule has 0 fully saturated rings. The van der Waals surface area contributed by atoms with Crippen LogP contribution in [0.15, 0.2) is 18.2 Å². The van der Waals surface area contributed by atoms with E-state index in [0.717, 1.165) is 16.8 Å². The van der Waals surface area contributed by atoms with Gasteiger partial charge in [-0.25, -0.2) is 0 Å². The van der Waals surface area contributed by atoms with Crippen molar-refractivity contribution in [3.63, 3.8) is 0 Å². The first-order valence-electron chi connectivity index (χ1n) is 5.98. The van der Waals surface area contributed by atoms with Crippen LogP contribution in [0.1, 0.15) is 27.3 Å². The van der Waals surface area contributed by atoms with Gasteiger partial charge in [0.2, 0.25) is 0 Å². The summed E-state index contributed by atoms with van der Waals surface area (Å²) in [4.78, 5) is 12.3. The van der Waals surface area contributed by atoms with Crippen molar-refractivity contribution in [1.82, 2.24) is 9.78 Å². The molecular weight excluding hydrogens is 262 g/mol. The summed E-state index contributed by atoms with van der Waals surface area (Å²) in [6.07, 6.45) is 0. The molecule has 0 saturated carbocycles. The van der Waals surface area contributed by atoms with Crippen LogP contribution in [0.3, 0.4) is 0 Å². The van der Waals surface area contributed by atoms with Gasteiger partial charge in [-0.15, -0.1) is 0 Å². The monoisotopic (exact) mass is 277 g/mol. The minimum atomic E-state index is -0.245. The maximum Gasteiger partial charge on any atom is 0.275 e. The van der Waals surface area contributed by atoms with E-state index in [4.69, 9.17) is 11.6 Å². The van der Waals surface area contributed by atoms with E-state index < -0.39 is 0 Å². The van der Waals surface area contributed by atoms with Gasteiger partial charge in [0.1, 0.15) is 5.69 Å². The van der Waals surface area contributed by atoms with E-state index in [9.17, 15) is 4.79 Å². The molecular formula is C14H16ClN3O.